The number of nitrogens with one attached hydrogen (secondary N) is 1. The summed E-state index contributed by atoms with van der Waals surface area (Å²) in [5.74, 6) is -0.399. The van der Waals surface area contributed by atoms with Gasteiger partial charge in [-0.15, -0.1) is 11.3 Å². The quantitative estimate of drug-likeness (QED) is 0.282. The Labute approximate surface area is 200 Å². The maximum Gasteiger partial charge on any atom is 0.257 e. The van der Waals surface area contributed by atoms with Crippen LogP contribution >= 0.6 is 11.3 Å². The SMILES string of the molecule is COc1ccc(-c2csc(NC(=O)c3ccc(C(=O)C(=O)c4ccccc4)cc3)n2)cc1OC. The van der Waals surface area contributed by atoms with E-state index in [1.165, 1.54) is 35.6 Å². The molecule has 0 unspecified atom stereocenters. The summed E-state index contributed by atoms with van der Waals surface area (Å²) in [5.41, 5.74) is 2.38. The van der Waals surface area contributed by atoms with Crippen LogP contribution in [0.15, 0.2) is 78.2 Å². The van der Waals surface area contributed by atoms with Crippen molar-refractivity contribution in [2.75, 3.05) is 19.5 Å². The van der Waals surface area contributed by atoms with E-state index >= 15 is 0 Å². The van der Waals surface area contributed by atoms with Crippen LogP contribution in [0.4, 0.5) is 5.13 Å². The highest BCUT2D eigenvalue weighted by Gasteiger charge is 2.19. The minimum Gasteiger partial charge on any atom is -0.493 e. The Morgan fingerprint density at radius 1 is 0.765 bits per heavy atom. The molecule has 1 heterocycles. The summed E-state index contributed by atoms with van der Waals surface area (Å²) in [6, 6.07) is 19.7. The summed E-state index contributed by atoms with van der Waals surface area (Å²) in [6.07, 6.45) is 0. The number of amides is 1. The van der Waals surface area contributed by atoms with E-state index in [2.05, 4.69) is 10.3 Å². The first-order chi connectivity index (χ1) is 16.5. The maximum atomic E-state index is 12.6. The van der Waals surface area contributed by atoms with Crippen molar-refractivity contribution in [2.24, 2.45) is 0 Å². The van der Waals surface area contributed by atoms with Gasteiger partial charge in [0.1, 0.15) is 0 Å². The summed E-state index contributed by atoms with van der Waals surface area (Å²) in [6.45, 7) is 0. The number of rotatable bonds is 8. The summed E-state index contributed by atoms with van der Waals surface area (Å²) in [5, 5.41) is 5.01. The number of Topliss-reactive ketones (excluding diaryl/α,β-unsaturated/α-hetero) is 2. The molecule has 0 radical (unpaired) electrons. The molecule has 4 rings (SSSR count). The van der Waals surface area contributed by atoms with Gasteiger partial charge in [0.2, 0.25) is 11.6 Å². The van der Waals surface area contributed by atoms with Crippen molar-refractivity contribution in [3.8, 4) is 22.8 Å². The van der Waals surface area contributed by atoms with Gasteiger partial charge in [-0.25, -0.2) is 4.98 Å². The number of nitrogens with zero attached hydrogens (tertiary/aromatic N) is 1. The van der Waals surface area contributed by atoms with Gasteiger partial charge < -0.3 is 9.47 Å². The molecule has 1 aromatic heterocycles. The molecule has 1 amide bonds. The smallest absolute Gasteiger partial charge is 0.257 e. The molecule has 0 atom stereocenters. The van der Waals surface area contributed by atoms with Crippen molar-refractivity contribution in [2.45, 2.75) is 0 Å². The van der Waals surface area contributed by atoms with Gasteiger partial charge in [-0.1, -0.05) is 42.5 Å². The van der Waals surface area contributed by atoms with Crippen molar-refractivity contribution in [3.05, 3.63) is 94.9 Å². The topological polar surface area (TPSA) is 94.6 Å². The van der Waals surface area contributed by atoms with Crippen molar-refractivity contribution < 1.29 is 23.9 Å². The van der Waals surface area contributed by atoms with Gasteiger partial charge >= 0.3 is 0 Å². The van der Waals surface area contributed by atoms with E-state index in [-0.39, 0.29) is 11.5 Å². The lowest BCUT2D eigenvalue weighted by Crippen LogP contribution is -2.15. The second kappa shape index (κ2) is 10.1. The predicted molar refractivity (Wildman–Crippen MR) is 130 cm³/mol. The Hall–Kier alpha value is -4.30. The fourth-order valence-corrected chi connectivity index (χ4v) is 3.97. The Morgan fingerprint density at radius 3 is 2.03 bits per heavy atom. The van der Waals surface area contributed by atoms with Gasteiger partial charge in [0.05, 0.1) is 19.9 Å². The molecule has 0 saturated heterocycles. The minimum absolute atomic E-state index is 0.218. The van der Waals surface area contributed by atoms with Crippen LogP contribution in [-0.4, -0.2) is 36.7 Å². The molecule has 0 spiro atoms. The molecule has 4 aromatic rings. The third-order valence-corrected chi connectivity index (χ3v) is 5.81. The van der Waals surface area contributed by atoms with Crippen LogP contribution in [0.1, 0.15) is 31.1 Å². The largest absolute Gasteiger partial charge is 0.493 e. The summed E-state index contributed by atoms with van der Waals surface area (Å²) in [7, 11) is 3.13. The number of hydrogen-bond donors (Lipinski definition) is 1. The van der Waals surface area contributed by atoms with Gasteiger partial charge in [0.15, 0.2) is 16.6 Å². The van der Waals surface area contributed by atoms with Crippen LogP contribution in [-0.2, 0) is 0 Å². The number of benzene rings is 3. The molecule has 0 aliphatic carbocycles. The highest BCUT2D eigenvalue weighted by molar-refractivity contribution is 7.14. The highest BCUT2D eigenvalue weighted by Crippen LogP contribution is 2.33. The van der Waals surface area contributed by atoms with Crippen molar-refractivity contribution in [1.29, 1.82) is 0 Å². The molecule has 0 aliphatic heterocycles. The third-order valence-electron chi connectivity index (χ3n) is 5.06. The van der Waals surface area contributed by atoms with Gasteiger partial charge in [-0.3, -0.25) is 19.7 Å². The van der Waals surface area contributed by atoms with Gasteiger partial charge in [-0.2, -0.15) is 0 Å². The molecule has 1 N–H and O–H groups in total. The lowest BCUT2D eigenvalue weighted by atomic mass is 10.0. The zero-order valence-corrected chi connectivity index (χ0v) is 19.2. The van der Waals surface area contributed by atoms with E-state index in [1.54, 1.807) is 50.6 Å². The molecular formula is C26H20N2O5S. The van der Waals surface area contributed by atoms with Crippen LogP contribution in [0.5, 0.6) is 11.5 Å². The standard InChI is InChI=1S/C26H20N2O5S/c1-32-21-13-12-19(14-22(21)33-2)20-15-34-26(27-20)28-25(31)18-10-8-17(9-11-18)24(30)23(29)16-6-4-3-5-7-16/h3-15H,1-2H3,(H,27,28,31). The van der Waals surface area contributed by atoms with Crippen molar-refractivity contribution in [3.63, 3.8) is 0 Å². The fraction of sp³-hybridized carbons (Fsp3) is 0.0769. The first-order valence-electron chi connectivity index (χ1n) is 10.2. The Balaban J connectivity index is 1.44. The molecule has 8 heteroatoms. The van der Waals surface area contributed by atoms with Crippen LogP contribution in [0.2, 0.25) is 0 Å². The number of carbonyl (C=O) groups is 3. The Morgan fingerprint density at radius 2 is 1.38 bits per heavy atom. The molecule has 7 nitrogen and oxygen atoms in total. The number of hydrogen-bond acceptors (Lipinski definition) is 7. The number of carbonyl (C=O) groups excluding carboxylic acids is 3. The molecule has 0 saturated carbocycles. The van der Waals surface area contributed by atoms with E-state index in [9.17, 15) is 14.4 Å². The molecule has 0 fully saturated rings. The summed E-state index contributed by atoms with van der Waals surface area (Å²) >= 11 is 1.29. The summed E-state index contributed by atoms with van der Waals surface area (Å²) in [4.78, 5) is 41.9. The van der Waals surface area contributed by atoms with Crippen molar-refractivity contribution in [1.82, 2.24) is 4.98 Å². The molecule has 34 heavy (non-hydrogen) atoms. The number of thiazole rings is 1. The summed E-state index contributed by atoms with van der Waals surface area (Å²) < 4.78 is 10.6. The van der Waals surface area contributed by atoms with E-state index in [1.807, 2.05) is 17.5 Å². The lowest BCUT2D eigenvalue weighted by molar-refractivity contribution is 0.0817. The zero-order chi connectivity index (χ0) is 24.1. The first-order valence-corrected chi connectivity index (χ1v) is 11.1. The lowest BCUT2D eigenvalue weighted by Gasteiger charge is -2.08. The van der Waals surface area contributed by atoms with E-state index < -0.39 is 11.6 Å². The predicted octanol–water partition coefficient (Wildman–Crippen LogP) is 5.15. The highest BCUT2D eigenvalue weighted by atomic mass is 32.1. The molecule has 0 bridgehead atoms. The number of ether oxygens (including phenoxy) is 2. The molecule has 3 aromatic carbocycles. The van der Waals surface area contributed by atoms with Gasteiger partial charge in [-0.05, 0) is 30.3 Å². The zero-order valence-electron chi connectivity index (χ0n) is 18.4. The number of methoxy groups -OCH3 is 2. The Bertz CT molecular complexity index is 1350. The molecule has 170 valence electrons. The van der Waals surface area contributed by atoms with Crippen LogP contribution in [0.3, 0.4) is 0 Å². The van der Waals surface area contributed by atoms with Gasteiger partial charge in [0, 0.05) is 27.6 Å². The van der Waals surface area contributed by atoms with E-state index in [0.29, 0.717) is 33.5 Å². The van der Waals surface area contributed by atoms with Gasteiger partial charge in [0.25, 0.3) is 5.91 Å². The normalized spacial score (nSPS) is 10.4. The van der Waals surface area contributed by atoms with E-state index in [4.69, 9.17) is 9.47 Å². The number of anilines is 1. The monoisotopic (exact) mass is 472 g/mol. The second-order valence-electron chi connectivity index (χ2n) is 7.16. The first kappa shape index (κ1) is 22.9. The second-order valence-corrected chi connectivity index (χ2v) is 8.02. The average molecular weight is 473 g/mol. The van der Waals surface area contributed by atoms with Crippen LogP contribution in [0, 0.1) is 0 Å². The number of aromatic nitrogens is 1. The van der Waals surface area contributed by atoms with Crippen LogP contribution in [0.25, 0.3) is 11.3 Å². The Kier molecular flexibility index (Phi) is 6.79. The molecule has 0 aliphatic rings. The van der Waals surface area contributed by atoms with Crippen LogP contribution < -0.4 is 14.8 Å². The number of ketones is 2. The maximum absolute atomic E-state index is 12.6. The fourth-order valence-electron chi connectivity index (χ4n) is 3.25. The minimum atomic E-state index is -0.627. The average Bonchev–Trinajstić information content (AvgIpc) is 3.36. The third kappa shape index (κ3) is 4.87. The van der Waals surface area contributed by atoms with E-state index in [0.717, 1.165) is 5.56 Å². The van der Waals surface area contributed by atoms with Crippen molar-refractivity contribution >= 4 is 33.9 Å². The molecular weight excluding hydrogens is 452 g/mol.